The van der Waals surface area contributed by atoms with Crippen molar-refractivity contribution in [2.24, 2.45) is 5.73 Å². The first-order valence-electron chi connectivity index (χ1n) is 11.7. The number of benzene rings is 1. The molecule has 36 heavy (non-hydrogen) atoms. The molecule has 1 aromatic carbocycles. The molecule has 10 nitrogen and oxygen atoms in total. The van der Waals surface area contributed by atoms with E-state index in [9.17, 15) is 14.7 Å². The zero-order valence-electron chi connectivity index (χ0n) is 19.7. The maximum Gasteiger partial charge on any atom is 0.255 e. The van der Waals surface area contributed by atoms with Crippen molar-refractivity contribution in [2.45, 2.75) is 50.4 Å². The number of imidazole rings is 1. The molecule has 3 heterocycles. The molecule has 0 radical (unpaired) electrons. The van der Waals surface area contributed by atoms with Gasteiger partial charge in [-0.3, -0.25) is 9.59 Å². The van der Waals surface area contributed by atoms with Crippen LogP contribution in [0.4, 0.5) is 5.82 Å². The van der Waals surface area contributed by atoms with Gasteiger partial charge in [0.1, 0.15) is 11.4 Å². The number of nitrogen functional groups attached to an aromatic ring is 1. The van der Waals surface area contributed by atoms with Gasteiger partial charge in [-0.2, -0.15) is 5.10 Å². The van der Waals surface area contributed by atoms with Gasteiger partial charge in [-0.15, -0.1) is 0 Å². The van der Waals surface area contributed by atoms with E-state index < -0.39 is 18.1 Å². The molecule has 1 saturated carbocycles. The fourth-order valence-electron chi connectivity index (χ4n) is 4.82. The lowest BCUT2D eigenvalue weighted by Crippen LogP contribution is -2.40. The molecule has 0 spiro atoms. The topological polar surface area (TPSA) is 145 Å². The summed E-state index contributed by atoms with van der Waals surface area (Å²) in [5.41, 5.74) is 14.3. The summed E-state index contributed by atoms with van der Waals surface area (Å²) in [5, 5.41) is 15.1. The first kappa shape index (κ1) is 23.9. The van der Waals surface area contributed by atoms with Crippen molar-refractivity contribution in [1.29, 1.82) is 0 Å². The maximum absolute atomic E-state index is 12.3. The summed E-state index contributed by atoms with van der Waals surface area (Å²) in [6.07, 6.45) is 4.88. The standard InChI is InChI=1S/C25H26ClN7O3/c1-3-22(35)31-11-16(9-20(31)13(2)34)33-24(27)23(25(28)36)18(30-33)7-4-14-8-19-21(10-17(14)26)32(12-29-19)15-5-6-15/h3,8,10,12-13,15-16,20,34H,1,5-6,9,11,27H2,2H3,(H2,28,36)/t13-,16-,20+/m0/s1. The number of carbonyl (C=O) groups is 2. The summed E-state index contributed by atoms with van der Waals surface area (Å²) in [7, 11) is 0. The van der Waals surface area contributed by atoms with Crippen LogP contribution >= 0.6 is 11.6 Å². The highest BCUT2D eigenvalue weighted by Gasteiger charge is 2.39. The third-order valence-corrected chi connectivity index (χ3v) is 7.11. The SMILES string of the molecule is C=CC(=O)N1C[C@@H](n2nc(C#Cc3cc4ncn(C5CC5)c4cc3Cl)c(C(N)=O)c2N)C[C@@H]1[C@H](C)O. The number of rotatable bonds is 5. The second-order valence-electron chi connectivity index (χ2n) is 9.26. The average molecular weight is 508 g/mol. The summed E-state index contributed by atoms with van der Waals surface area (Å²) >= 11 is 6.52. The van der Waals surface area contributed by atoms with Gasteiger partial charge in [0.05, 0.1) is 40.6 Å². The minimum atomic E-state index is -0.772. The number of aliphatic hydroxyl groups is 1. The molecule has 3 aromatic rings. The number of carbonyl (C=O) groups excluding carboxylic acids is 2. The number of aromatic nitrogens is 4. The predicted octanol–water partition coefficient (Wildman–Crippen LogP) is 2.01. The largest absolute Gasteiger partial charge is 0.391 e. The lowest BCUT2D eigenvalue weighted by atomic mass is 10.1. The number of anilines is 1. The maximum atomic E-state index is 12.3. The van der Waals surface area contributed by atoms with E-state index in [0.717, 1.165) is 23.9 Å². The molecule has 0 unspecified atom stereocenters. The second-order valence-corrected chi connectivity index (χ2v) is 9.67. The molecule has 2 aromatic heterocycles. The number of halogens is 1. The molecule has 2 amide bonds. The molecular formula is C25H26ClN7O3. The van der Waals surface area contributed by atoms with Gasteiger partial charge in [0.25, 0.3) is 5.91 Å². The molecule has 11 heteroatoms. The van der Waals surface area contributed by atoms with Crippen LogP contribution in [0.5, 0.6) is 0 Å². The molecule has 186 valence electrons. The van der Waals surface area contributed by atoms with Gasteiger partial charge in [-0.25, -0.2) is 9.67 Å². The number of nitrogens with two attached hydrogens (primary N) is 2. The summed E-state index contributed by atoms with van der Waals surface area (Å²) in [6, 6.07) is 3.28. The minimum Gasteiger partial charge on any atom is -0.391 e. The molecule has 3 atom stereocenters. The Balaban J connectivity index is 1.50. The minimum absolute atomic E-state index is 0.000180. The molecular weight excluding hydrogens is 482 g/mol. The van der Waals surface area contributed by atoms with Crippen LogP contribution in [0.25, 0.3) is 11.0 Å². The van der Waals surface area contributed by atoms with Crippen molar-refractivity contribution in [2.75, 3.05) is 12.3 Å². The smallest absolute Gasteiger partial charge is 0.255 e. The van der Waals surface area contributed by atoms with Crippen molar-refractivity contribution in [3.05, 3.63) is 53.0 Å². The van der Waals surface area contributed by atoms with E-state index >= 15 is 0 Å². The van der Waals surface area contributed by atoms with Gasteiger partial charge >= 0.3 is 0 Å². The summed E-state index contributed by atoms with van der Waals surface area (Å²) in [4.78, 5) is 30.6. The van der Waals surface area contributed by atoms with Crippen LogP contribution in [0, 0.1) is 11.8 Å². The van der Waals surface area contributed by atoms with Gasteiger partial charge < -0.3 is 26.0 Å². The number of aliphatic hydroxyl groups excluding tert-OH is 1. The van der Waals surface area contributed by atoms with Gasteiger partial charge in [-0.05, 0) is 50.3 Å². The highest BCUT2D eigenvalue weighted by molar-refractivity contribution is 6.32. The highest BCUT2D eigenvalue weighted by Crippen LogP contribution is 2.38. The fraction of sp³-hybridized carbons (Fsp3) is 0.360. The van der Waals surface area contributed by atoms with Crippen LogP contribution in [0.1, 0.15) is 59.9 Å². The monoisotopic (exact) mass is 507 g/mol. The Morgan fingerprint density at radius 2 is 2.06 bits per heavy atom. The number of hydrogen-bond donors (Lipinski definition) is 3. The lowest BCUT2D eigenvalue weighted by Gasteiger charge is -2.25. The van der Waals surface area contributed by atoms with Gasteiger partial charge in [0.15, 0.2) is 5.69 Å². The van der Waals surface area contributed by atoms with Crippen molar-refractivity contribution < 1.29 is 14.7 Å². The Hall–Kier alpha value is -3.81. The Kier molecular flexibility index (Phi) is 5.98. The third kappa shape index (κ3) is 4.10. The molecule has 2 fully saturated rings. The average Bonchev–Trinajstić information content (AvgIpc) is 3.30. The summed E-state index contributed by atoms with van der Waals surface area (Å²) < 4.78 is 3.58. The van der Waals surface area contributed by atoms with Crippen LogP contribution in [0.2, 0.25) is 5.02 Å². The first-order valence-corrected chi connectivity index (χ1v) is 12.0. The van der Waals surface area contributed by atoms with Crippen molar-refractivity contribution in [3.8, 4) is 11.8 Å². The van der Waals surface area contributed by atoms with E-state index in [0.29, 0.717) is 23.0 Å². The number of amides is 2. The Morgan fingerprint density at radius 3 is 2.69 bits per heavy atom. The van der Waals surface area contributed by atoms with Crippen LogP contribution in [0.15, 0.2) is 31.1 Å². The summed E-state index contributed by atoms with van der Waals surface area (Å²) in [6.45, 7) is 5.39. The normalized spacial score (nSPS) is 20.2. The molecule has 1 saturated heterocycles. The van der Waals surface area contributed by atoms with Gasteiger partial charge in [0, 0.05) is 18.2 Å². The molecule has 5 rings (SSSR count). The molecule has 0 bridgehead atoms. The van der Waals surface area contributed by atoms with Gasteiger partial charge in [-0.1, -0.05) is 24.1 Å². The van der Waals surface area contributed by atoms with Crippen molar-refractivity contribution in [3.63, 3.8) is 0 Å². The van der Waals surface area contributed by atoms with Crippen LogP contribution in [0.3, 0.4) is 0 Å². The van der Waals surface area contributed by atoms with Crippen molar-refractivity contribution in [1.82, 2.24) is 24.2 Å². The van der Waals surface area contributed by atoms with Crippen LogP contribution < -0.4 is 11.5 Å². The highest BCUT2D eigenvalue weighted by atomic mass is 35.5. The number of fused-ring (bicyclic) bond motifs is 1. The van der Waals surface area contributed by atoms with E-state index in [1.54, 1.807) is 13.0 Å². The lowest BCUT2D eigenvalue weighted by molar-refractivity contribution is -0.128. The Labute approximate surface area is 212 Å². The molecule has 2 aliphatic rings. The predicted molar refractivity (Wildman–Crippen MR) is 135 cm³/mol. The third-order valence-electron chi connectivity index (χ3n) is 6.80. The molecule has 5 N–H and O–H groups in total. The van der Waals surface area contributed by atoms with E-state index in [4.69, 9.17) is 23.1 Å². The van der Waals surface area contributed by atoms with E-state index in [1.165, 1.54) is 15.7 Å². The van der Waals surface area contributed by atoms with Crippen LogP contribution in [-0.4, -0.2) is 59.8 Å². The quantitative estimate of drug-likeness (QED) is 0.356. The zero-order valence-corrected chi connectivity index (χ0v) is 20.4. The second kappa shape index (κ2) is 9.00. The number of primary amides is 1. The number of nitrogens with zero attached hydrogens (tertiary/aromatic N) is 5. The Morgan fingerprint density at radius 1 is 1.31 bits per heavy atom. The van der Waals surface area contributed by atoms with Gasteiger partial charge in [0.2, 0.25) is 5.91 Å². The Bertz CT molecular complexity index is 1460. The number of hydrogen-bond acceptors (Lipinski definition) is 6. The van der Waals surface area contributed by atoms with Crippen LogP contribution in [-0.2, 0) is 4.79 Å². The van der Waals surface area contributed by atoms with Crippen molar-refractivity contribution >= 4 is 40.3 Å². The summed E-state index contributed by atoms with van der Waals surface area (Å²) in [5.74, 6) is 4.85. The number of likely N-dealkylation sites (tertiary alicyclic amines) is 1. The fourth-order valence-corrected chi connectivity index (χ4v) is 5.02. The molecule has 1 aliphatic carbocycles. The van der Waals surface area contributed by atoms with E-state index in [1.807, 2.05) is 12.4 Å². The molecule has 1 aliphatic heterocycles. The first-order chi connectivity index (χ1) is 17.2. The van der Waals surface area contributed by atoms with E-state index in [2.05, 4.69) is 33.1 Å². The van der Waals surface area contributed by atoms with E-state index in [-0.39, 0.29) is 35.6 Å². The zero-order chi connectivity index (χ0) is 25.7.